The molecule has 0 spiro atoms. The minimum absolute atomic E-state index is 0.0338. The Kier molecular flexibility index (Phi) is 4.21. The van der Waals surface area contributed by atoms with Gasteiger partial charge in [-0.05, 0) is 32.2 Å². The zero-order chi connectivity index (χ0) is 17.5. The minimum Gasteiger partial charge on any atom is -0.481 e. The fourth-order valence-electron chi connectivity index (χ4n) is 3.04. The van der Waals surface area contributed by atoms with Crippen LogP contribution >= 0.6 is 11.3 Å². The quantitative estimate of drug-likeness (QED) is 0.923. The summed E-state index contributed by atoms with van der Waals surface area (Å²) >= 11 is 1.57. The smallest absolute Gasteiger partial charge is 0.309 e. The van der Waals surface area contributed by atoms with Crippen molar-refractivity contribution < 1.29 is 14.7 Å². The predicted molar refractivity (Wildman–Crippen MR) is 90.6 cm³/mol. The summed E-state index contributed by atoms with van der Waals surface area (Å²) in [6.45, 7) is 6.52. The SMILES string of the molecule is CC(C)(C)n1cc([C@@H]2[C@@H](C(=O)O)CC(=O)N2Cc2cccs2)cn1. The number of carboxylic acids is 1. The highest BCUT2D eigenvalue weighted by atomic mass is 32.1. The van der Waals surface area contributed by atoms with Gasteiger partial charge in [0.05, 0.1) is 30.2 Å². The molecular formula is C17H21N3O3S. The second kappa shape index (κ2) is 6.05. The van der Waals surface area contributed by atoms with E-state index < -0.39 is 17.9 Å². The molecule has 0 aromatic carbocycles. The van der Waals surface area contributed by atoms with Crippen LogP contribution in [0.25, 0.3) is 0 Å². The number of aliphatic carboxylic acids is 1. The molecule has 0 saturated carbocycles. The number of hydrogen-bond donors (Lipinski definition) is 1. The Morgan fingerprint density at radius 1 is 1.46 bits per heavy atom. The molecule has 2 aromatic heterocycles. The highest BCUT2D eigenvalue weighted by Crippen LogP contribution is 2.40. The fraction of sp³-hybridized carbons (Fsp3) is 0.471. The van der Waals surface area contributed by atoms with Gasteiger partial charge in [-0.2, -0.15) is 5.10 Å². The van der Waals surface area contributed by atoms with Gasteiger partial charge in [-0.25, -0.2) is 0 Å². The van der Waals surface area contributed by atoms with Crippen LogP contribution in [0.15, 0.2) is 29.9 Å². The van der Waals surface area contributed by atoms with Crippen LogP contribution < -0.4 is 0 Å². The molecule has 2 atom stereocenters. The number of carbonyl (C=O) groups excluding carboxylic acids is 1. The van der Waals surface area contributed by atoms with Crippen molar-refractivity contribution in [3.63, 3.8) is 0 Å². The third kappa shape index (κ3) is 3.08. The molecule has 0 radical (unpaired) electrons. The first-order chi connectivity index (χ1) is 11.3. The molecule has 3 rings (SSSR count). The summed E-state index contributed by atoms with van der Waals surface area (Å²) in [5, 5.41) is 15.9. The van der Waals surface area contributed by atoms with Gasteiger partial charge >= 0.3 is 5.97 Å². The van der Waals surface area contributed by atoms with E-state index in [1.807, 2.05) is 49.2 Å². The summed E-state index contributed by atoms with van der Waals surface area (Å²) in [7, 11) is 0. The number of amides is 1. The van der Waals surface area contributed by atoms with Gasteiger partial charge in [-0.3, -0.25) is 14.3 Å². The van der Waals surface area contributed by atoms with Crippen LogP contribution in [0.3, 0.4) is 0 Å². The summed E-state index contributed by atoms with van der Waals surface area (Å²) in [4.78, 5) is 26.8. The lowest BCUT2D eigenvalue weighted by Crippen LogP contribution is -2.30. The molecular weight excluding hydrogens is 326 g/mol. The van der Waals surface area contributed by atoms with Crippen LogP contribution in [0.5, 0.6) is 0 Å². The van der Waals surface area contributed by atoms with Crippen LogP contribution in [0.1, 0.15) is 43.7 Å². The number of thiophene rings is 1. The van der Waals surface area contributed by atoms with Crippen molar-refractivity contribution in [2.45, 2.75) is 45.3 Å². The van der Waals surface area contributed by atoms with Crippen molar-refractivity contribution in [2.75, 3.05) is 0 Å². The zero-order valence-corrected chi connectivity index (χ0v) is 14.8. The normalized spacial score (nSPS) is 21.5. The molecule has 1 fully saturated rings. The van der Waals surface area contributed by atoms with Gasteiger partial charge < -0.3 is 10.0 Å². The number of rotatable bonds is 4. The second-order valence-electron chi connectivity index (χ2n) is 7.08. The van der Waals surface area contributed by atoms with Gasteiger partial charge in [0, 0.05) is 23.1 Å². The molecule has 1 N–H and O–H groups in total. The van der Waals surface area contributed by atoms with E-state index in [1.165, 1.54) is 0 Å². The average molecular weight is 347 g/mol. The molecule has 1 aliphatic rings. The maximum Gasteiger partial charge on any atom is 0.309 e. The van der Waals surface area contributed by atoms with Gasteiger partial charge in [-0.15, -0.1) is 11.3 Å². The van der Waals surface area contributed by atoms with E-state index in [0.29, 0.717) is 6.54 Å². The van der Waals surface area contributed by atoms with E-state index in [0.717, 1.165) is 10.4 Å². The Hall–Kier alpha value is -2.15. The topological polar surface area (TPSA) is 75.4 Å². The van der Waals surface area contributed by atoms with Gasteiger partial charge in [0.2, 0.25) is 5.91 Å². The lowest BCUT2D eigenvalue weighted by molar-refractivity contribution is -0.142. The Bertz CT molecular complexity index is 745. The van der Waals surface area contributed by atoms with Crippen LogP contribution in [0.2, 0.25) is 0 Å². The number of carbonyl (C=O) groups is 2. The number of likely N-dealkylation sites (tertiary alicyclic amines) is 1. The van der Waals surface area contributed by atoms with E-state index in [4.69, 9.17) is 0 Å². The standard InChI is InChI=1S/C17H21N3O3S/c1-17(2,3)20-9-11(8-18-20)15-13(16(22)23)7-14(21)19(15)10-12-5-4-6-24-12/h4-6,8-9,13,15H,7,10H2,1-3H3,(H,22,23)/t13-,15+/m0/s1. The van der Waals surface area contributed by atoms with Crippen molar-refractivity contribution in [3.8, 4) is 0 Å². The second-order valence-corrected chi connectivity index (χ2v) is 8.12. The van der Waals surface area contributed by atoms with Crippen molar-refractivity contribution in [1.82, 2.24) is 14.7 Å². The van der Waals surface area contributed by atoms with Crippen LogP contribution in [-0.4, -0.2) is 31.7 Å². The van der Waals surface area contributed by atoms with Gasteiger partial charge in [0.1, 0.15) is 0 Å². The first-order valence-electron chi connectivity index (χ1n) is 7.87. The number of aromatic nitrogens is 2. The summed E-state index contributed by atoms with van der Waals surface area (Å²) in [5.74, 6) is -1.80. The van der Waals surface area contributed by atoms with Crippen LogP contribution in [0, 0.1) is 5.92 Å². The Balaban J connectivity index is 1.96. The molecule has 0 unspecified atom stereocenters. The molecule has 1 amide bonds. The molecule has 24 heavy (non-hydrogen) atoms. The molecule has 2 aromatic rings. The molecule has 6 nitrogen and oxygen atoms in total. The third-order valence-electron chi connectivity index (χ3n) is 4.29. The third-order valence-corrected chi connectivity index (χ3v) is 5.15. The average Bonchev–Trinajstić information content (AvgIpc) is 3.19. The molecule has 7 heteroatoms. The maximum absolute atomic E-state index is 12.4. The highest BCUT2D eigenvalue weighted by Gasteiger charge is 2.45. The van der Waals surface area contributed by atoms with Crippen LogP contribution in [0.4, 0.5) is 0 Å². The molecule has 128 valence electrons. The summed E-state index contributed by atoms with van der Waals surface area (Å²) in [6.07, 6.45) is 3.58. The largest absolute Gasteiger partial charge is 0.481 e. The first kappa shape index (κ1) is 16.7. The molecule has 3 heterocycles. The molecule has 1 aliphatic heterocycles. The molecule has 0 aliphatic carbocycles. The zero-order valence-electron chi connectivity index (χ0n) is 14.0. The van der Waals surface area contributed by atoms with E-state index in [9.17, 15) is 14.7 Å². The predicted octanol–water partition coefficient (Wildman–Crippen LogP) is 2.87. The number of carboxylic acid groups (broad SMARTS) is 1. The van der Waals surface area contributed by atoms with Crippen molar-refractivity contribution in [3.05, 3.63) is 40.3 Å². The molecule has 0 bridgehead atoms. The van der Waals surface area contributed by atoms with E-state index >= 15 is 0 Å². The van der Waals surface area contributed by atoms with Crippen molar-refractivity contribution in [2.24, 2.45) is 5.92 Å². The fourth-order valence-corrected chi connectivity index (χ4v) is 3.74. The molecule has 1 saturated heterocycles. The van der Waals surface area contributed by atoms with Crippen LogP contribution in [-0.2, 0) is 21.7 Å². The maximum atomic E-state index is 12.4. The van der Waals surface area contributed by atoms with E-state index in [-0.39, 0.29) is 17.9 Å². The summed E-state index contributed by atoms with van der Waals surface area (Å²) in [6, 6.07) is 3.41. The minimum atomic E-state index is -0.939. The van der Waals surface area contributed by atoms with E-state index in [2.05, 4.69) is 5.10 Å². The first-order valence-corrected chi connectivity index (χ1v) is 8.75. The highest BCUT2D eigenvalue weighted by molar-refractivity contribution is 7.09. The van der Waals surface area contributed by atoms with Gasteiger partial charge in [-0.1, -0.05) is 6.07 Å². The summed E-state index contributed by atoms with van der Waals surface area (Å²) < 4.78 is 1.81. The number of nitrogens with zero attached hydrogens (tertiary/aromatic N) is 3. The lowest BCUT2D eigenvalue weighted by Gasteiger charge is -2.26. The Morgan fingerprint density at radius 2 is 2.21 bits per heavy atom. The van der Waals surface area contributed by atoms with E-state index in [1.54, 1.807) is 22.4 Å². The Labute approximate surface area is 144 Å². The monoisotopic (exact) mass is 347 g/mol. The Morgan fingerprint density at radius 3 is 2.75 bits per heavy atom. The van der Waals surface area contributed by atoms with Crippen molar-refractivity contribution in [1.29, 1.82) is 0 Å². The lowest BCUT2D eigenvalue weighted by atomic mass is 9.96. The van der Waals surface area contributed by atoms with Crippen molar-refractivity contribution >= 4 is 23.2 Å². The van der Waals surface area contributed by atoms with Gasteiger partial charge in [0.15, 0.2) is 0 Å². The van der Waals surface area contributed by atoms with Gasteiger partial charge in [0.25, 0.3) is 0 Å². The number of hydrogen-bond acceptors (Lipinski definition) is 4. The summed E-state index contributed by atoms with van der Waals surface area (Å²) in [5.41, 5.74) is 0.581.